The highest BCUT2D eigenvalue weighted by Crippen LogP contribution is 2.36. The molecule has 1 aromatic carbocycles. The Bertz CT molecular complexity index is 385. The molecule has 4 heteroatoms. The lowest BCUT2D eigenvalue weighted by Crippen LogP contribution is -2.14. The standard InChI is InChI=1S/C12H16O2S2/c1-12(2,16)6-11(15)8-3-4-9-10(5-8)14-7-13-9/h3-5,11,15-16H,6-7H2,1-2H3/p+1/t11-/m0/s1. The molecule has 0 radical (unpaired) electrons. The van der Waals surface area contributed by atoms with Gasteiger partial charge in [0, 0.05) is 16.7 Å². The quantitative estimate of drug-likeness (QED) is 0.663. The maximum absolute atomic E-state index is 5.36. The van der Waals surface area contributed by atoms with Crippen molar-refractivity contribution in [1.29, 1.82) is 0 Å². The number of hydrogen-bond donors (Lipinski definition) is 1. The summed E-state index contributed by atoms with van der Waals surface area (Å²) in [7, 11) is 0. The van der Waals surface area contributed by atoms with Crippen molar-refractivity contribution in [3.8, 4) is 11.5 Å². The van der Waals surface area contributed by atoms with Crippen LogP contribution >= 0.6 is 12.6 Å². The molecule has 1 aliphatic heterocycles. The van der Waals surface area contributed by atoms with Gasteiger partial charge in [0.25, 0.3) is 0 Å². The maximum atomic E-state index is 5.36. The van der Waals surface area contributed by atoms with Crippen molar-refractivity contribution >= 4 is 25.3 Å². The topological polar surface area (TPSA) is 18.5 Å². The average Bonchev–Trinajstić information content (AvgIpc) is 2.61. The van der Waals surface area contributed by atoms with Crippen LogP contribution in [0.2, 0.25) is 0 Å². The molecule has 0 saturated carbocycles. The summed E-state index contributed by atoms with van der Waals surface area (Å²) in [6.07, 6.45) is 0.951. The molecular weight excluding hydrogens is 240 g/mol. The van der Waals surface area contributed by atoms with Crippen molar-refractivity contribution in [1.82, 2.24) is 0 Å². The minimum Gasteiger partial charge on any atom is -0.454 e. The van der Waals surface area contributed by atoms with Crippen LogP contribution in [-0.4, -0.2) is 11.5 Å². The summed E-state index contributed by atoms with van der Waals surface area (Å²) in [5.41, 5.74) is 1.20. The van der Waals surface area contributed by atoms with Gasteiger partial charge in [0.2, 0.25) is 6.79 Å². The van der Waals surface area contributed by atoms with Crippen LogP contribution in [0.3, 0.4) is 0 Å². The van der Waals surface area contributed by atoms with Gasteiger partial charge in [-0.3, -0.25) is 0 Å². The van der Waals surface area contributed by atoms with Crippen molar-refractivity contribution in [3.63, 3.8) is 0 Å². The first-order chi connectivity index (χ1) is 7.46. The molecule has 0 amide bonds. The third-order valence-corrected chi connectivity index (χ3v) is 3.22. The second kappa shape index (κ2) is 4.41. The Hall–Kier alpha value is -0.480. The molecule has 0 N–H and O–H groups in total. The van der Waals surface area contributed by atoms with Gasteiger partial charge in [-0.2, -0.15) is 12.6 Å². The molecule has 0 unspecified atom stereocenters. The fraction of sp³-hybridized carbons (Fsp3) is 0.500. The molecule has 1 heterocycles. The van der Waals surface area contributed by atoms with Crippen LogP contribution in [0, 0.1) is 0 Å². The highest BCUT2D eigenvalue weighted by molar-refractivity contribution is 7.81. The van der Waals surface area contributed by atoms with Crippen molar-refractivity contribution in [2.45, 2.75) is 30.3 Å². The van der Waals surface area contributed by atoms with Crippen LogP contribution in [0.4, 0.5) is 0 Å². The van der Waals surface area contributed by atoms with E-state index in [4.69, 9.17) is 9.47 Å². The molecule has 1 atom stereocenters. The van der Waals surface area contributed by atoms with E-state index in [1.807, 2.05) is 12.1 Å². The first kappa shape index (κ1) is 12.0. The number of benzene rings is 1. The first-order valence-corrected chi connectivity index (χ1v) is 6.31. The molecule has 1 aromatic rings. The van der Waals surface area contributed by atoms with E-state index in [9.17, 15) is 0 Å². The van der Waals surface area contributed by atoms with Gasteiger partial charge < -0.3 is 9.47 Å². The summed E-state index contributed by atoms with van der Waals surface area (Å²) in [6, 6.07) is 6.04. The SMILES string of the molecule is CC(C)(S)C[C@H]([SH2+])c1ccc2c(c1)OCO2. The van der Waals surface area contributed by atoms with E-state index in [-0.39, 0.29) is 10.00 Å². The summed E-state index contributed by atoms with van der Waals surface area (Å²) >= 11 is 8.28. The zero-order chi connectivity index (χ0) is 11.8. The molecule has 2 nitrogen and oxygen atoms in total. The Balaban J connectivity index is 2.15. The van der Waals surface area contributed by atoms with Gasteiger partial charge in [0.1, 0.15) is 5.25 Å². The van der Waals surface area contributed by atoms with Crippen LogP contribution < -0.4 is 9.47 Å². The van der Waals surface area contributed by atoms with E-state index in [0.717, 1.165) is 17.9 Å². The zero-order valence-corrected chi connectivity index (χ0v) is 11.4. The number of ether oxygens (including phenoxy) is 2. The Morgan fingerprint density at radius 3 is 2.75 bits per heavy atom. The van der Waals surface area contributed by atoms with E-state index in [0.29, 0.717) is 6.79 Å². The second-order valence-electron chi connectivity index (χ2n) is 4.68. The summed E-state index contributed by atoms with van der Waals surface area (Å²) in [5, 5.41) is 0.280. The van der Waals surface area contributed by atoms with E-state index in [1.165, 1.54) is 5.56 Å². The van der Waals surface area contributed by atoms with E-state index < -0.39 is 0 Å². The van der Waals surface area contributed by atoms with Gasteiger partial charge >= 0.3 is 0 Å². The lowest BCUT2D eigenvalue weighted by molar-refractivity contribution is 0.174. The van der Waals surface area contributed by atoms with Gasteiger partial charge in [-0.15, -0.1) is 0 Å². The predicted molar refractivity (Wildman–Crippen MR) is 73.1 cm³/mol. The van der Waals surface area contributed by atoms with E-state index >= 15 is 0 Å². The predicted octanol–water partition coefficient (Wildman–Crippen LogP) is 2.57. The molecule has 16 heavy (non-hydrogen) atoms. The number of hydrogen-bond acceptors (Lipinski definition) is 3. The molecular formula is C12H17O2S2+. The summed E-state index contributed by atoms with van der Waals surface area (Å²) in [5.74, 6) is 1.66. The van der Waals surface area contributed by atoms with E-state index in [2.05, 4.69) is 45.2 Å². The Labute approximate surface area is 107 Å². The van der Waals surface area contributed by atoms with Crippen molar-refractivity contribution in [3.05, 3.63) is 23.8 Å². The van der Waals surface area contributed by atoms with Gasteiger partial charge in [-0.05, 0) is 24.8 Å². The zero-order valence-electron chi connectivity index (χ0n) is 9.49. The molecule has 0 spiro atoms. The molecule has 0 saturated heterocycles. The molecule has 0 bridgehead atoms. The number of fused-ring (bicyclic) bond motifs is 1. The molecule has 1 aliphatic rings. The minimum atomic E-state index is 0.00277. The molecule has 2 rings (SSSR count). The highest BCUT2D eigenvalue weighted by atomic mass is 32.1. The normalized spacial score (nSPS) is 16.2. The van der Waals surface area contributed by atoms with Gasteiger partial charge in [0.05, 0.1) is 0 Å². The Kier molecular flexibility index (Phi) is 3.31. The van der Waals surface area contributed by atoms with Crippen LogP contribution in [-0.2, 0) is 12.6 Å². The molecule has 0 aromatic heterocycles. The molecule has 88 valence electrons. The largest absolute Gasteiger partial charge is 0.454 e. The summed E-state index contributed by atoms with van der Waals surface area (Å²) < 4.78 is 10.6. The Morgan fingerprint density at radius 2 is 2.06 bits per heavy atom. The monoisotopic (exact) mass is 257 g/mol. The van der Waals surface area contributed by atoms with Gasteiger partial charge in [-0.1, -0.05) is 19.9 Å². The van der Waals surface area contributed by atoms with Crippen LogP contribution in [0.5, 0.6) is 11.5 Å². The van der Waals surface area contributed by atoms with Crippen molar-refractivity contribution < 1.29 is 9.47 Å². The summed E-state index contributed by atoms with van der Waals surface area (Å²) in [4.78, 5) is 0. The maximum Gasteiger partial charge on any atom is 0.231 e. The van der Waals surface area contributed by atoms with Gasteiger partial charge in [0.15, 0.2) is 11.5 Å². The number of rotatable bonds is 3. The fourth-order valence-electron chi connectivity index (χ4n) is 1.75. The third kappa shape index (κ3) is 2.80. The second-order valence-corrected chi connectivity index (χ2v) is 6.59. The summed E-state index contributed by atoms with van der Waals surface area (Å²) in [6.45, 7) is 4.54. The van der Waals surface area contributed by atoms with Crippen molar-refractivity contribution in [2.24, 2.45) is 0 Å². The molecule has 0 fully saturated rings. The van der Waals surface area contributed by atoms with Crippen LogP contribution in [0.1, 0.15) is 31.1 Å². The lowest BCUT2D eigenvalue weighted by Gasteiger charge is -2.18. The lowest BCUT2D eigenvalue weighted by atomic mass is 10.0. The molecule has 0 aliphatic carbocycles. The highest BCUT2D eigenvalue weighted by Gasteiger charge is 2.24. The van der Waals surface area contributed by atoms with Crippen LogP contribution in [0.25, 0.3) is 0 Å². The average molecular weight is 257 g/mol. The fourth-order valence-corrected chi connectivity index (χ4v) is 2.79. The van der Waals surface area contributed by atoms with Crippen LogP contribution in [0.15, 0.2) is 18.2 Å². The minimum absolute atomic E-state index is 0.00277. The first-order valence-electron chi connectivity index (χ1n) is 5.29. The smallest absolute Gasteiger partial charge is 0.231 e. The third-order valence-electron chi connectivity index (χ3n) is 2.50. The Morgan fingerprint density at radius 1 is 1.38 bits per heavy atom. The van der Waals surface area contributed by atoms with E-state index in [1.54, 1.807) is 0 Å². The number of thiol groups is 1. The van der Waals surface area contributed by atoms with Gasteiger partial charge in [-0.25, -0.2) is 0 Å². The van der Waals surface area contributed by atoms with Crippen molar-refractivity contribution in [2.75, 3.05) is 6.79 Å².